The van der Waals surface area contributed by atoms with Crippen LogP contribution in [0.5, 0.6) is 0 Å². The van der Waals surface area contributed by atoms with E-state index in [1.807, 2.05) is 0 Å². The highest BCUT2D eigenvalue weighted by molar-refractivity contribution is 4.88. The molecule has 0 bridgehead atoms. The number of nitrogens with one attached hydrogen (secondary N) is 1. The van der Waals surface area contributed by atoms with Crippen molar-refractivity contribution in [3.05, 3.63) is 0 Å². The van der Waals surface area contributed by atoms with Gasteiger partial charge in [-0.1, -0.05) is 34.6 Å². The summed E-state index contributed by atoms with van der Waals surface area (Å²) in [5, 5.41) is 3.61. The average Bonchev–Trinajstić information content (AvgIpc) is 2.98. The van der Waals surface area contributed by atoms with Crippen molar-refractivity contribution < 1.29 is 0 Å². The second-order valence-electron chi connectivity index (χ2n) is 6.89. The van der Waals surface area contributed by atoms with Crippen LogP contribution < -0.4 is 5.32 Å². The maximum Gasteiger partial charge on any atom is 0.00966 e. The molecule has 0 unspecified atom stereocenters. The summed E-state index contributed by atoms with van der Waals surface area (Å²) in [5.74, 6) is 0.751. The van der Waals surface area contributed by atoms with E-state index in [2.05, 4.69) is 44.8 Å². The number of hydrogen-bond donors (Lipinski definition) is 1. The lowest BCUT2D eigenvalue weighted by molar-refractivity contribution is 0.166. The molecular weight excluding hydrogens is 208 g/mol. The van der Waals surface area contributed by atoms with Crippen molar-refractivity contribution in [2.24, 2.45) is 11.3 Å². The van der Waals surface area contributed by atoms with Crippen molar-refractivity contribution in [2.75, 3.05) is 26.2 Å². The van der Waals surface area contributed by atoms with Crippen LogP contribution in [0.25, 0.3) is 0 Å². The van der Waals surface area contributed by atoms with Crippen molar-refractivity contribution in [2.45, 2.75) is 59.9 Å². The number of hydrogen-bond acceptors (Lipinski definition) is 2. The molecule has 17 heavy (non-hydrogen) atoms. The van der Waals surface area contributed by atoms with Crippen LogP contribution in [0.3, 0.4) is 0 Å². The molecule has 2 nitrogen and oxygen atoms in total. The van der Waals surface area contributed by atoms with Gasteiger partial charge in [0.2, 0.25) is 0 Å². The lowest BCUT2D eigenvalue weighted by Crippen LogP contribution is -2.42. The van der Waals surface area contributed by atoms with Gasteiger partial charge in [-0.25, -0.2) is 0 Å². The van der Waals surface area contributed by atoms with E-state index < -0.39 is 0 Å². The van der Waals surface area contributed by atoms with Crippen LogP contribution in [0.1, 0.15) is 53.9 Å². The molecule has 2 heteroatoms. The molecule has 0 aromatic carbocycles. The number of nitrogens with zero attached hydrogens (tertiary/aromatic N) is 1. The van der Waals surface area contributed by atoms with Crippen molar-refractivity contribution in [1.82, 2.24) is 10.2 Å². The highest BCUT2D eigenvalue weighted by Crippen LogP contribution is 2.30. The third-order valence-corrected chi connectivity index (χ3v) is 3.36. The Bertz CT molecular complexity index is 207. The summed E-state index contributed by atoms with van der Waals surface area (Å²) >= 11 is 0. The van der Waals surface area contributed by atoms with Gasteiger partial charge < -0.3 is 5.32 Å². The van der Waals surface area contributed by atoms with Gasteiger partial charge in [0.25, 0.3) is 0 Å². The van der Waals surface area contributed by atoms with E-state index in [1.54, 1.807) is 0 Å². The summed E-state index contributed by atoms with van der Waals surface area (Å²) in [6, 6.07) is 0.902. The van der Waals surface area contributed by atoms with Crippen LogP contribution in [0.4, 0.5) is 0 Å². The van der Waals surface area contributed by atoms with E-state index in [0.717, 1.165) is 25.0 Å². The van der Waals surface area contributed by atoms with Gasteiger partial charge in [-0.15, -0.1) is 0 Å². The maximum atomic E-state index is 3.61. The monoisotopic (exact) mass is 240 g/mol. The summed E-state index contributed by atoms with van der Waals surface area (Å²) < 4.78 is 0. The van der Waals surface area contributed by atoms with Crippen molar-refractivity contribution in [3.63, 3.8) is 0 Å². The molecule has 1 rings (SSSR count). The molecule has 0 amide bonds. The first-order valence-electron chi connectivity index (χ1n) is 7.39. The van der Waals surface area contributed by atoms with Crippen LogP contribution in [0.15, 0.2) is 0 Å². The standard InChI is InChI=1S/C15H32N2/c1-6-9-17(14-7-8-14)12-15(4,5)11-16-10-13(2)3/h13-14,16H,6-12H2,1-5H3. The van der Waals surface area contributed by atoms with Crippen molar-refractivity contribution >= 4 is 0 Å². The Hall–Kier alpha value is -0.0800. The van der Waals surface area contributed by atoms with E-state index in [9.17, 15) is 0 Å². The summed E-state index contributed by atoms with van der Waals surface area (Å²) in [7, 11) is 0. The SMILES string of the molecule is CCCN(CC(C)(C)CNCC(C)C)C1CC1. The highest BCUT2D eigenvalue weighted by atomic mass is 15.2. The van der Waals surface area contributed by atoms with Gasteiger partial charge in [0.1, 0.15) is 0 Å². The second-order valence-corrected chi connectivity index (χ2v) is 6.89. The third-order valence-electron chi connectivity index (χ3n) is 3.36. The minimum atomic E-state index is 0.395. The van der Waals surface area contributed by atoms with Crippen LogP contribution in [0.2, 0.25) is 0 Å². The Morgan fingerprint density at radius 3 is 2.41 bits per heavy atom. The predicted octanol–water partition coefficient (Wildman–Crippen LogP) is 3.13. The first-order valence-corrected chi connectivity index (χ1v) is 7.39. The Kier molecular flexibility index (Phi) is 5.94. The average molecular weight is 240 g/mol. The zero-order valence-corrected chi connectivity index (χ0v) is 12.6. The van der Waals surface area contributed by atoms with Gasteiger partial charge in [-0.2, -0.15) is 0 Å². The molecule has 1 N–H and O–H groups in total. The van der Waals surface area contributed by atoms with Gasteiger partial charge in [-0.05, 0) is 43.7 Å². The fourth-order valence-corrected chi connectivity index (χ4v) is 2.42. The molecule has 0 heterocycles. The minimum Gasteiger partial charge on any atom is -0.316 e. The molecule has 0 atom stereocenters. The summed E-state index contributed by atoms with van der Waals surface area (Å²) in [6.07, 6.45) is 4.14. The van der Waals surface area contributed by atoms with Gasteiger partial charge in [0.15, 0.2) is 0 Å². The lowest BCUT2D eigenvalue weighted by Gasteiger charge is -2.33. The molecule has 0 aliphatic heterocycles. The van der Waals surface area contributed by atoms with E-state index in [4.69, 9.17) is 0 Å². The van der Waals surface area contributed by atoms with E-state index >= 15 is 0 Å². The van der Waals surface area contributed by atoms with E-state index in [0.29, 0.717) is 5.41 Å². The Morgan fingerprint density at radius 1 is 1.29 bits per heavy atom. The molecule has 102 valence electrons. The first-order chi connectivity index (χ1) is 7.94. The van der Waals surface area contributed by atoms with Crippen LogP contribution in [0, 0.1) is 11.3 Å². The molecule has 0 spiro atoms. The largest absolute Gasteiger partial charge is 0.316 e. The second kappa shape index (κ2) is 6.75. The number of rotatable bonds is 9. The van der Waals surface area contributed by atoms with Crippen LogP contribution in [-0.2, 0) is 0 Å². The zero-order valence-electron chi connectivity index (χ0n) is 12.6. The summed E-state index contributed by atoms with van der Waals surface area (Å²) in [4.78, 5) is 2.71. The molecule has 0 saturated heterocycles. The van der Waals surface area contributed by atoms with Gasteiger partial charge in [-0.3, -0.25) is 4.90 Å². The van der Waals surface area contributed by atoms with Gasteiger partial charge >= 0.3 is 0 Å². The first kappa shape index (κ1) is 15.0. The van der Waals surface area contributed by atoms with Crippen LogP contribution >= 0.6 is 0 Å². The maximum absolute atomic E-state index is 3.61. The molecular formula is C15H32N2. The summed E-state index contributed by atoms with van der Waals surface area (Å²) in [6.45, 7) is 16.4. The quantitative estimate of drug-likeness (QED) is 0.666. The van der Waals surface area contributed by atoms with Crippen LogP contribution in [-0.4, -0.2) is 37.1 Å². The van der Waals surface area contributed by atoms with Gasteiger partial charge in [0.05, 0.1) is 0 Å². The lowest BCUT2D eigenvalue weighted by atomic mass is 9.92. The molecule has 0 radical (unpaired) electrons. The molecule has 0 aromatic heterocycles. The van der Waals surface area contributed by atoms with E-state index in [-0.39, 0.29) is 0 Å². The van der Waals surface area contributed by atoms with Crippen molar-refractivity contribution in [1.29, 1.82) is 0 Å². The molecule has 0 aromatic rings. The van der Waals surface area contributed by atoms with Crippen molar-refractivity contribution in [3.8, 4) is 0 Å². The smallest absolute Gasteiger partial charge is 0.00966 e. The molecule has 1 aliphatic carbocycles. The minimum absolute atomic E-state index is 0.395. The predicted molar refractivity (Wildman–Crippen MR) is 76.4 cm³/mol. The summed E-state index contributed by atoms with van der Waals surface area (Å²) in [5.41, 5.74) is 0.395. The normalized spacial score (nSPS) is 17.1. The third kappa shape index (κ3) is 6.42. The Labute approximate surface area is 108 Å². The zero-order chi connectivity index (χ0) is 12.9. The topological polar surface area (TPSA) is 15.3 Å². The molecule has 1 fully saturated rings. The van der Waals surface area contributed by atoms with E-state index in [1.165, 1.54) is 32.4 Å². The Balaban J connectivity index is 2.29. The Morgan fingerprint density at radius 2 is 1.94 bits per heavy atom. The fraction of sp³-hybridized carbons (Fsp3) is 1.00. The molecule has 1 saturated carbocycles. The molecule has 1 aliphatic rings. The fourth-order valence-electron chi connectivity index (χ4n) is 2.42. The highest BCUT2D eigenvalue weighted by Gasteiger charge is 2.32. The van der Waals surface area contributed by atoms with Gasteiger partial charge in [0, 0.05) is 19.1 Å².